The average molecular weight is 316 g/mol. The summed E-state index contributed by atoms with van der Waals surface area (Å²) in [7, 11) is 0. The Morgan fingerprint density at radius 1 is 1.27 bits per heavy atom. The Hall–Kier alpha value is -2.01. The van der Waals surface area contributed by atoms with Crippen LogP contribution in [0.3, 0.4) is 0 Å². The molecule has 2 rings (SSSR count). The molecule has 2 aromatic rings. The number of benzene rings is 1. The largest absolute Gasteiger partial charge is 0.340 e. The predicted octanol–water partition coefficient (Wildman–Crippen LogP) is 3.71. The van der Waals surface area contributed by atoms with Crippen LogP contribution in [0.2, 0.25) is 0 Å². The zero-order valence-electron chi connectivity index (χ0n) is 13.3. The van der Waals surface area contributed by atoms with Gasteiger partial charge in [0.25, 0.3) is 5.91 Å². The first-order valence-corrected chi connectivity index (χ1v) is 8.05. The number of Topliss-reactive ketones (excluding diaryl/α,β-unsaturated/α-hetero) is 1. The molecule has 0 aliphatic rings. The van der Waals surface area contributed by atoms with Crippen LogP contribution in [0.5, 0.6) is 0 Å². The van der Waals surface area contributed by atoms with Crippen molar-refractivity contribution in [1.82, 2.24) is 10.3 Å². The van der Waals surface area contributed by atoms with E-state index in [1.54, 1.807) is 12.1 Å². The van der Waals surface area contributed by atoms with Crippen LogP contribution in [-0.4, -0.2) is 16.7 Å². The van der Waals surface area contributed by atoms with Gasteiger partial charge < -0.3 is 5.32 Å². The van der Waals surface area contributed by atoms with E-state index in [1.165, 1.54) is 18.3 Å². The highest BCUT2D eigenvalue weighted by Gasteiger charge is 2.31. The quantitative estimate of drug-likeness (QED) is 0.855. The van der Waals surface area contributed by atoms with Crippen LogP contribution < -0.4 is 5.32 Å². The number of carbonyl (C=O) groups excluding carboxylic acids is 2. The summed E-state index contributed by atoms with van der Waals surface area (Å²) in [6.45, 7) is 7.30. The van der Waals surface area contributed by atoms with Crippen molar-refractivity contribution in [3.63, 3.8) is 0 Å². The molecule has 1 aromatic carbocycles. The Kier molecular flexibility index (Phi) is 4.76. The van der Waals surface area contributed by atoms with E-state index in [0.717, 1.165) is 10.7 Å². The molecule has 0 bridgehead atoms. The molecule has 0 fully saturated rings. The van der Waals surface area contributed by atoms with E-state index in [1.807, 2.05) is 39.0 Å². The van der Waals surface area contributed by atoms with Gasteiger partial charge in [-0.3, -0.25) is 9.59 Å². The van der Waals surface area contributed by atoms with Gasteiger partial charge in [0.2, 0.25) is 0 Å². The number of hydrogen-bond donors (Lipinski definition) is 1. The number of aromatic nitrogens is 1. The van der Waals surface area contributed by atoms with Crippen LogP contribution in [-0.2, 0) is 5.54 Å². The van der Waals surface area contributed by atoms with E-state index in [2.05, 4.69) is 10.3 Å². The standard InChI is InChI=1S/C17H20N2O2S/c1-5-17(4,16-18-11(2)14(22-16)12(3)20)19-15(21)13-9-7-6-8-10-13/h6-10H,5H2,1-4H3,(H,19,21)/t17-/m1/s1. The molecule has 0 unspecified atom stereocenters. The first kappa shape index (κ1) is 16.4. The highest BCUT2D eigenvalue weighted by Crippen LogP contribution is 2.31. The molecule has 0 radical (unpaired) electrons. The van der Waals surface area contributed by atoms with Crippen LogP contribution in [0.4, 0.5) is 0 Å². The molecule has 5 heteroatoms. The maximum atomic E-state index is 12.4. The van der Waals surface area contributed by atoms with Crippen LogP contribution in [0.15, 0.2) is 30.3 Å². The number of rotatable bonds is 5. The van der Waals surface area contributed by atoms with Gasteiger partial charge >= 0.3 is 0 Å². The van der Waals surface area contributed by atoms with Gasteiger partial charge in [0.05, 0.1) is 16.1 Å². The van der Waals surface area contributed by atoms with E-state index >= 15 is 0 Å². The number of amides is 1. The fourth-order valence-corrected chi connectivity index (χ4v) is 3.30. The number of aryl methyl sites for hydroxylation is 1. The minimum absolute atomic E-state index is 0.00842. The number of thiazole rings is 1. The summed E-state index contributed by atoms with van der Waals surface area (Å²) in [5.74, 6) is -0.128. The van der Waals surface area contributed by atoms with E-state index in [0.29, 0.717) is 16.9 Å². The molecule has 1 heterocycles. The van der Waals surface area contributed by atoms with Crippen LogP contribution in [0, 0.1) is 6.92 Å². The van der Waals surface area contributed by atoms with Crippen molar-refractivity contribution in [2.45, 2.75) is 39.7 Å². The second kappa shape index (κ2) is 6.40. The zero-order valence-corrected chi connectivity index (χ0v) is 14.1. The number of hydrogen-bond acceptors (Lipinski definition) is 4. The molecule has 1 N–H and O–H groups in total. The van der Waals surface area contributed by atoms with Gasteiger partial charge in [-0.25, -0.2) is 4.98 Å². The van der Waals surface area contributed by atoms with E-state index in [-0.39, 0.29) is 11.7 Å². The van der Waals surface area contributed by atoms with Crippen molar-refractivity contribution >= 4 is 23.0 Å². The SMILES string of the molecule is CC[C@@](C)(NC(=O)c1ccccc1)c1nc(C)c(C(C)=O)s1. The molecular weight excluding hydrogens is 296 g/mol. The first-order valence-electron chi connectivity index (χ1n) is 7.24. The minimum atomic E-state index is -0.587. The van der Waals surface area contributed by atoms with Gasteiger partial charge in [0.1, 0.15) is 5.01 Å². The summed E-state index contributed by atoms with van der Waals surface area (Å²) < 4.78 is 0. The first-order chi connectivity index (χ1) is 10.4. The highest BCUT2D eigenvalue weighted by molar-refractivity contribution is 7.14. The van der Waals surface area contributed by atoms with Crippen LogP contribution >= 0.6 is 11.3 Å². The van der Waals surface area contributed by atoms with Gasteiger partial charge in [0, 0.05) is 12.5 Å². The lowest BCUT2D eigenvalue weighted by molar-refractivity contribution is 0.0901. The average Bonchev–Trinajstić information content (AvgIpc) is 2.91. The Morgan fingerprint density at radius 3 is 2.41 bits per heavy atom. The summed E-state index contributed by atoms with van der Waals surface area (Å²) in [5.41, 5.74) is 0.749. The number of ketones is 1. The van der Waals surface area contributed by atoms with Crippen molar-refractivity contribution in [2.75, 3.05) is 0 Å². The number of nitrogens with one attached hydrogen (secondary N) is 1. The third-order valence-corrected chi connectivity index (χ3v) is 5.24. The third kappa shape index (κ3) is 3.25. The van der Waals surface area contributed by atoms with Gasteiger partial charge in [-0.2, -0.15) is 0 Å². The highest BCUT2D eigenvalue weighted by atomic mass is 32.1. The number of carbonyl (C=O) groups is 2. The van der Waals surface area contributed by atoms with Gasteiger partial charge in [-0.1, -0.05) is 25.1 Å². The Bertz CT molecular complexity index is 694. The molecule has 0 aliphatic heterocycles. The molecular formula is C17H20N2O2S. The van der Waals surface area contributed by atoms with Crippen LogP contribution in [0.1, 0.15) is 57.9 Å². The lowest BCUT2D eigenvalue weighted by atomic mass is 9.99. The molecule has 22 heavy (non-hydrogen) atoms. The van der Waals surface area contributed by atoms with Crippen LogP contribution in [0.25, 0.3) is 0 Å². The van der Waals surface area contributed by atoms with Gasteiger partial charge in [-0.15, -0.1) is 11.3 Å². The van der Waals surface area contributed by atoms with E-state index < -0.39 is 5.54 Å². The van der Waals surface area contributed by atoms with E-state index in [4.69, 9.17) is 0 Å². The second-order valence-corrected chi connectivity index (χ2v) is 6.49. The van der Waals surface area contributed by atoms with Crippen molar-refractivity contribution in [2.24, 2.45) is 0 Å². The van der Waals surface area contributed by atoms with Gasteiger partial charge in [-0.05, 0) is 32.4 Å². The zero-order chi connectivity index (χ0) is 16.3. The third-order valence-electron chi connectivity index (χ3n) is 3.72. The Morgan fingerprint density at radius 2 is 1.91 bits per heavy atom. The second-order valence-electron chi connectivity index (χ2n) is 5.50. The molecule has 0 aliphatic carbocycles. The maximum Gasteiger partial charge on any atom is 0.252 e. The van der Waals surface area contributed by atoms with Crippen molar-refractivity contribution in [3.8, 4) is 0 Å². The molecule has 0 saturated heterocycles. The summed E-state index contributed by atoms with van der Waals surface area (Å²) in [5, 5.41) is 3.82. The number of nitrogens with zero attached hydrogens (tertiary/aromatic N) is 1. The molecule has 116 valence electrons. The summed E-state index contributed by atoms with van der Waals surface area (Å²) in [6.07, 6.45) is 0.690. The lowest BCUT2D eigenvalue weighted by Crippen LogP contribution is -2.43. The van der Waals surface area contributed by atoms with E-state index in [9.17, 15) is 9.59 Å². The predicted molar refractivity (Wildman–Crippen MR) is 88.4 cm³/mol. The van der Waals surface area contributed by atoms with Crippen molar-refractivity contribution < 1.29 is 9.59 Å². The maximum absolute atomic E-state index is 12.4. The molecule has 1 atom stereocenters. The Balaban J connectivity index is 2.31. The Labute approximate surface area is 134 Å². The smallest absolute Gasteiger partial charge is 0.252 e. The van der Waals surface area contributed by atoms with Gasteiger partial charge in [0.15, 0.2) is 5.78 Å². The molecule has 0 spiro atoms. The molecule has 1 aromatic heterocycles. The molecule has 0 saturated carbocycles. The normalized spacial score (nSPS) is 13.5. The minimum Gasteiger partial charge on any atom is -0.340 e. The molecule has 4 nitrogen and oxygen atoms in total. The topological polar surface area (TPSA) is 59.1 Å². The summed E-state index contributed by atoms with van der Waals surface area (Å²) in [6, 6.07) is 9.09. The monoisotopic (exact) mass is 316 g/mol. The summed E-state index contributed by atoms with van der Waals surface area (Å²) >= 11 is 1.36. The lowest BCUT2D eigenvalue weighted by Gasteiger charge is -2.27. The fraction of sp³-hybridized carbons (Fsp3) is 0.353. The van der Waals surface area contributed by atoms with Crippen molar-refractivity contribution in [3.05, 3.63) is 51.5 Å². The summed E-state index contributed by atoms with van der Waals surface area (Å²) in [4.78, 5) is 29.2. The van der Waals surface area contributed by atoms with Crippen molar-refractivity contribution in [1.29, 1.82) is 0 Å². The molecule has 1 amide bonds. The fourth-order valence-electron chi connectivity index (χ4n) is 2.16.